The van der Waals surface area contributed by atoms with Crippen molar-refractivity contribution in [2.45, 2.75) is 5.92 Å². The lowest BCUT2D eigenvalue weighted by molar-refractivity contribution is 0.0952. The van der Waals surface area contributed by atoms with Gasteiger partial charge in [0.05, 0.1) is 0 Å². The van der Waals surface area contributed by atoms with E-state index in [1.54, 1.807) is 0 Å². The van der Waals surface area contributed by atoms with Gasteiger partial charge >= 0.3 is 0 Å². The Morgan fingerprint density at radius 2 is 1.68 bits per heavy atom. The molecule has 5 heteroatoms. The number of carbonyl (C=O) groups is 1. The molecule has 1 unspecified atom stereocenters. The first-order chi connectivity index (χ1) is 13.6. The van der Waals surface area contributed by atoms with Gasteiger partial charge in [0, 0.05) is 40.1 Å². The Morgan fingerprint density at radius 3 is 2.46 bits per heavy atom. The summed E-state index contributed by atoms with van der Waals surface area (Å²) in [5, 5.41) is 4.70. The van der Waals surface area contributed by atoms with Crippen molar-refractivity contribution >= 4 is 28.4 Å². The number of aromatic amines is 1. The maximum absolute atomic E-state index is 13.1. The van der Waals surface area contributed by atoms with Crippen LogP contribution in [0, 0.1) is 5.82 Å². The summed E-state index contributed by atoms with van der Waals surface area (Å²) in [5.74, 6) is -0.754. The maximum atomic E-state index is 13.1. The van der Waals surface area contributed by atoms with Crippen LogP contribution < -0.4 is 5.32 Å². The fraction of sp³-hybridized carbons (Fsp3) is 0.0870. The van der Waals surface area contributed by atoms with Crippen molar-refractivity contribution in [2.75, 3.05) is 6.54 Å². The first-order valence-corrected chi connectivity index (χ1v) is 9.35. The van der Waals surface area contributed by atoms with Gasteiger partial charge in [-0.3, -0.25) is 4.79 Å². The van der Waals surface area contributed by atoms with Crippen molar-refractivity contribution in [3.63, 3.8) is 0 Å². The minimum Gasteiger partial charge on any atom is -0.361 e. The van der Waals surface area contributed by atoms with Crippen molar-refractivity contribution in [2.24, 2.45) is 0 Å². The van der Waals surface area contributed by atoms with Crippen LogP contribution in [-0.2, 0) is 0 Å². The van der Waals surface area contributed by atoms with Crippen LogP contribution in [-0.4, -0.2) is 17.4 Å². The summed E-state index contributed by atoms with van der Waals surface area (Å²) < 4.78 is 13.1. The molecular formula is C23H18ClFN2O. The zero-order chi connectivity index (χ0) is 19.5. The van der Waals surface area contributed by atoms with Crippen LogP contribution in [0.2, 0.25) is 5.02 Å². The predicted octanol–water partition coefficient (Wildman–Crippen LogP) is 5.52. The molecule has 0 aliphatic heterocycles. The van der Waals surface area contributed by atoms with Crippen LogP contribution >= 0.6 is 11.6 Å². The number of aromatic nitrogens is 1. The number of hydrogen-bond donors (Lipinski definition) is 2. The summed E-state index contributed by atoms with van der Waals surface area (Å²) in [6.45, 7) is 0.363. The number of amides is 1. The van der Waals surface area contributed by atoms with E-state index in [0.717, 1.165) is 22.0 Å². The smallest absolute Gasteiger partial charge is 0.251 e. The highest BCUT2D eigenvalue weighted by atomic mass is 35.5. The lowest BCUT2D eigenvalue weighted by Gasteiger charge is -2.19. The molecule has 4 aromatic rings. The van der Waals surface area contributed by atoms with Gasteiger partial charge in [-0.25, -0.2) is 4.39 Å². The summed E-state index contributed by atoms with van der Waals surface area (Å²) in [6.07, 6.45) is 1.96. The molecule has 1 atom stereocenters. The van der Waals surface area contributed by atoms with E-state index in [1.165, 1.54) is 24.3 Å². The summed E-state index contributed by atoms with van der Waals surface area (Å²) in [6, 6.07) is 21.2. The number of carbonyl (C=O) groups excluding carboxylic acids is 1. The molecule has 28 heavy (non-hydrogen) atoms. The van der Waals surface area contributed by atoms with Gasteiger partial charge in [0.2, 0.25) is 0 Å². The molecule has 1 aromatic heterocycles. The second-order valence-electron chi connectivity index (χ2n) is 6.58. The quantitative estimate of drug-likeness (QED) is 0.461. The SMILES string of the molecule is O=C(NCC(c1ccccc1Cl)c1c[nH]c2ccccc12)c1ccc(F)cc1. The molecule has 3 nitrogen and oxygen atoms in total. The van der Waals surface area contributed by atoms with Crippen molar-refractivity contribution in [1.29, 1.82) is 0 Å². The van der Waals surface area contributed by atoms with Crippen molar-refractivity contribution in [3.8, 4) is 0 Å². The standard InChI is InChI=1S/C23H18ClFN2O/c24-21-7-3-1-5-17(21)19(20-13-26-22-8-4-2-6-18(20)22)14-27-23(28)15-9-11-16(25)12-10-15/h1-13,19,26H,14H2,(H,27,28). The van der Waals surface area contributed by atoms with Gasteiger partial charge in [0.25, 0.3) is 5.91 Å². The molecule has 1 amide bonds. The number of H-pyrrole nitrogens is 1. The van der Waals surface area contributed by atoms with Gasteiger partial charge in [-0.05, 0) is 47.5 Å². The van der Waals surface area contributed by atoms with Crippen molar-refractivity contribution < 1.29 is 9.18 Å². The average Bonchev–Trinajstić information content (AvgIpc) is 3.14. The van der Waals surface area contributed by atoms with E-state index in [0.29, 0.717) is 17.1 Å². The molecule has 140 valence electrons. The molecule has 0 aliphatic carbocycles. The molecule has 3 aromatic carbocycles. The van der Waals surface area contributed by atoms with Crippen LogP contribution in [0.3, 0.4) is 0 Å². The Kier molecular flexibility index (Phi) is 5.13. The number of nitrogens with one attached hydrogen (secondary N) is 2. The normalized spacial score (nSPS) is 12.1. The van der Waals surface area contributed by atoms with E-state index in [9.17, 15) is 9.18 Å². The highest BCUT2D eigenvalue weighted by Gasteiger charge is 2.21. The second-order valence-corrected chi connectivity index (χ2v) is 6.99. The van der Waals surface area contributed by atoms with Crippen molar-refractivity contribution in [1.82, 2.24) is 10.3 Å². The third-order valence-electron chi connectivity index (χ3n) is 4.85. The van der Waals surface area contributed by atoms with Gasteiger partial charge in [0.1, 0.15) is 5.82 Å². The minimum atomic E-state index is -0.371. The lowest BCUT2D eigenvalue weighted by Crippen LogP contribution is -2.29. The van der Waals surface area contributed by atoms with Gasteiger partial charge in [0.15, 0.2) is 0 Å². The molecule has 1 heterocycles. The Bertz CT molecular complexity index is 1120. The van der Waals surface area contributed by atoms with Crippen LogP contribution in [0.5, 0.6) is 0 Å². The Hall–Kier alpha value is -3.11. The summed E-state index contributed by atoms with van der Waals surface area (Å²) in [7, 11) is 0. The molecular weight excluding hydrogens is 375 g/mol. The average molecular weight is 393 g/mol. The first kappa shape index (κ1) is 18.3. The monoisotopic (exact) mass is 392 g/mol. The van der Waals surface area contributed by atoms with E-state index in [2.05, 4.69) is 10.3 Å². The number of para-hydroxylation sites is 1. The third kappa shape index (κ3) is 3.64. The van der Waals surface area contributed by atoms with Crippen LogP contribution in [0.15, 0.2) is 79.0 Å². The highest BCUT2D eigenvalue weighted by Crippen LogP contribution is 2.34. The largest absolute Gasteiger partial charge is 0.361 e. The molecule has 0 aliphatic rings. The third-order valence-corrected chi connectivity index (χ3v) is 5.19. The zero-order valence-electron chi connectivity index (χ0n) is 15.0. The van der Waals surface area contributed by atoms with Crippen LogP contribution in [0.4, 0.5) is 4.39 Å². The fourth-order valence-corrected chi connectivity index (χ4v) is 3.69. The van der Waals surface area contributed by atoms with Crippen LogP contribution in [0.1, 0.15) is 27.4 Å². The topological polar surface area (TPSA) is 44.9 Å². The number of hydrogen-bond acceptors (Lipinski definition) is 1. The van der Waals surface area contributed by atoms with E-state index >= 15 is 0 Å². The van der Waals surface area contributed by atoms with Gasteiger partial charge in [-0.15, -0.1) is 0 Å². The molecule has 2 N–H and O–H groups in total. The number of benzene rings is 3. The zero-order valence-corrected chi connectivity index (χ0v) is 15.7. The minimum absolute atomic E-state index is 0.130. The van der Waals surface area contributed by atoms with Gasteiger partial charge in [-0.1, -0.05) is 48.0 Å². The number of rotatable bonds is 5. The highest BCUT2D eigenvalue weighted by molar-refractivity contribution is 6.31. The maximum Gasteiger partial charge on any atom is 0.251 e. The van der Waals surface area contributed by atoms with Gasteiger partial charge in [-0.2, -0.15) is 0 Å². The molecule has 0 saturated carbocycles. The summed E-state index contributed by atoms with van der Waals surface area (Å²) in [5.41, 5.74) is 3.44. The molecule has 4 rings (SSSR count). The van der Waals surface area contributed by atoms with E-state index in [4.69, 9.17) is 11.6 Å². The summed E-state index contributed by atoms with van der Waals surface area (Å²) >= 11 is 6.47. The van der Waals surface area contributed by atoms with E-state index in [1.807, 2.05) is 54.7 Å². The summed E-state index contributed by atoms with van der Waals surface area (Å²) in [4.78, 5) is 15.8. The van der Waals surface area contributed by atoms with Gasteiger partial charge < -0.3 is 10.3 Å². The molecule has 0 spiro atoms. The molecule has 0 fully saturated rings. The molecule has 0 bridgehead atoms. The number of halogens is 2. The van der Waals surface area contributed by atoms with Crippen LogP contribution in [0.25, 0.3) is 10.9 Å². The number of fused-ring (bicyclic) bond motifs is 1. The Balaban J connectivity index is 1.67. The van der Waals surface area contributed by atoms with E-state index in [-0.39, 0.29) is 17.6 Å². The first-order valence-electron chi connectivity index (χ1n) is 8.97. The Labute approximate surface area is 167 Å². The molecule has 0 saturated heterocycles. The second kappa shape index (κ2) is 7.87. The fourth-order valence-electron chi connectivity index (χ4n) is 3.43. The molecule has 0 radical (unpaired) electrons. The Morgan fingerprint density at radius 1 is 0.964 bits per heavy atom. The van der Waals surface area contributed by atoms with E-state index < -0.39 is 0 Å². The predicted molar refractivity (Wildman–Crippen MR) is 110 cm³/mol. The van der Waals surface area contributed by atoms with Crippen molar-refractivity contribution in [3.05, 3.63) is 107 Å². The lowest BCUT2D eigenvalue weighted by atomic mass is 9.90.